The van der Waals surface area contributed by atoms with Crippen molar-refractivity contribution in [2.24, 2.45) is 11.3 Å². The number of carbonyl (C=O) groups excluding carboxylic acids is 2. The van der Waals surface area contributed by atoms with Gasteiger partial charge in [-0.05, 0) is 25.5 Å². The average Bonchev–Trinajstić information content (AvgIpc) is 2.88. The summed E-state index contributed by atoms with van der Waals surface area (Å²) >= 11 is 0. The monoisotopic (exact) mass is 480 g/mol. The number of aliphatic hydroxyl groups excluding tert-OH is 5. The van der Waals surface area contributed by atoms with Crippen molar-refractivity contribution in [1.29, 1.82) is 0 Å². The number of benzene rings is 1. The second-order valence-electron chi connectivity index (χ2n) is 9.76. The van der Waals surface area contributed by atoms with Gasteiger partial charge in [-0.1, -0.05) is 18.2 Å². The summed E-state index contributed by atoms with van der Waals surface area (Å²) in [6, 6.07) is 8.20. The van der Waals surface area contributed by atoms with Gasteiger partial charge in [-0.25, -0.2) is 4.79 Å². The third kappa shape index (κ3) is 2.95. The molecule has 5 aliphatic rings. The highest BCUT2D eigenvalue weighted by Crippen LogP contribution is 2.73. The van der Waals surface area contributed by atoms with Crippen LogP contribution in [0.15, 0.2) is 30.3 Å². The molecule has 2 heterocycles. The number of carbonyl (C=O) groups is 2. The number of esters is 2. The highest BCUT2D eigenvalue weighted by atomic mass is 16.7. The predicted octanol–water partition coefficient (Wildman–Crippen LogP) is -1.51. The van der Waals surface area contributed by atoms with Crippen LogP contribution >= 0.6 is 0 Å². The molecule has 5 N–H and O–H groups in total. The fourth-order valence-corrected chi connectivity index (χ4v) is 6.19. The molecular weight excluding hydrogens is 452 g/mol. The molecule has 1 aromatic rings. The third-order valence-electron chi connectivity index (χ3n) is 8.07. The maximum atomic E-state index is 13.2. The molecule has 4 bridgehead atoms. The summed E-state index contributed by atoms with van der Waals surface area (Å²) in [6.45, 7) is 0.508. The van der Waals surface area contributed by atoms with Crippen molar-refractivity contribution in [3.63, 3.8) is 0 Å². The first-order chi connectivity index (χ1) is 16.1. The lowest BCUT2D eigenvalue weighted by atomic mass is 9.40. The molecule has 0 spiro atoms. The molecule has 6 unspecified atom stereocenters. The Bertz CT molecular complexity index is 969. The van der Waals surface area contributed by atoms with Crippen LogP contribution in [0.2, 0.25) is 0 Å². The van der Waals surface area contributed by atoms with Crippen molar-refractivity contribution in [3.8, 4) is 0 Å². The van der Waals surface area contributed by atoms with E-state index in [1.807, 2.05) is 0 Å². The molecule has 3 saturated carbocycles. The van der Waals surface area contributed by atoms with Crippen molar-refractivity contribution >= 4 is 11.9 Å². The Kier molecular flexibility index (Phi) is 5.52. The molecule has 0 amide bonds. The lowest BCUT2D eigenvalue weighted by molar-refractivity contribution is -0.394. The standard InChI is InChI=1S/C23H28O11/c1-21-8-13(25)12-7-23(21,33-19-17(28)16(27)15(26)14(9-24)32-19)22(12,20(30)34-21)10-31-18(29)11-5-3-2-4-6-11/h2-6,12-17,19,24-28H,7-10H2,1H3/t12-,13+,14?,15?,16?,17?,19?,21-,22?,23-/m0/s1. The Labute approximate surface area is 194 Å². The molecular formula is C23H28O11. The third-order valence-corrected chi connectivity index (χ3v) is 8.07. The number of ether oxygens (including phenoxy) is 4. The van der Waals surface area contributed by atoms with Crippen molar-refractivity contribution in [2.45, 2.75) is 67.8 Å². The highest BCUT2D eigenvalue weighted by Gasteiger charge is 2.88. The topological polar surface area (TPSA) is 172 Å². The van der Waals surface area contributed by atoms with Gasteiger partial charge >= 0.3 is 11.9 Å². The van der Waals surface area contributed by atoms with E-state index in [9.17, 15) is 35.1 Å². The van der Waals surface area contributed by atoms with E-state index in [1.165, 1.54) is 0 Å². The van der Waals surface area contributed by atoms with E-state index in [2.05, 4.69) is 0 Å². The van der Waals surface area contributed by atoms with E-state index in [0.717, 1.165) is 0 Å². The molecule has 2 saturated heterocycles. The van der Waals surface area contributed by atoms with Crippen LogP contribution in [0.25, 0.3) is 0 Å². The maximum absolute atomic E-state index is 13.2. The van der Waals surface area contributed by atoms with Crippen LogP contribution < -0.4 is 0 Å². The van der Waals surface area contributed by atoms with E-state index in [1.54, 1.807) is 37.3 Å². The van der Waals surface area contributed by atoms with Crippen molar-refractivity contribution in [1.82, 2.24) is 0 Å². The van der Waals surface area contributed by atoms with Gasteiger partial charge in [0.05, 0.1) is 18.3 Å². The molecule has 186 valence electrons. The van der Waals surface area contributed by atoms with E-state index >= 15 is 0 Å². The Hall–Kier alpha value is -2.12. The smallest absolute Gasteiger partial charge is 0.338 e. The highest BCUT2D eigenvalue weighted by molar-refractivity contribution is 5.90. The quantitative estimate of drug-likeness (QED) is 0.300. The number of fused-ring (bicyclic) bond motifs is 1. The molecule has 6 rings (SSSR count). The number of rotatable bonds is 6. The van der Waals surface area contributed by atoms with Gasteiger partial charge in [0.2, 0.25) is 0 Å². The lowest BCUT2D eigenvalue weighted by Crippen LogP contribution is -2.80. The van der Waals surface area contributed by atoms with Crippen molar-refractivity contribution in [2.75, 3.05) is 13.2 Å². The van der Waals surface area contributed by atoms with E-state index in [4.69, 9.17) is 18.9 Å². The van der Waals surface area contributed by atoms with Crippen LogP contribution in [0.5, 0.6) is 0 Å². The first-order valence-electron chi connectivity index (χ1n) is 11.2. The number of hydrogen-bond acceptors (Lipinski definition) is 11. The van der Waals surface area contributed by atoms with Gasteiger partial charge < -0.3 is 44.5 Å². The minimum atomic E-state index is -1.69. The second-order valence-corrected chi connectivity index (χ2v) is 9.76. The molecule has 5 fully saturated rings. The second kappa shape index (κ2) is 7.95. The van der Waals surface area contributed by atoms with Crippen molar-refractivity contribution < 1.29 is 54.1 Å². The fraction of sp³-hybridized carbons (Fsp3) is 0.652. The minimum absolute atomic E-state index is 0.0508. The normalized spacial score (nSPS) is 47.0. The Morgan fingerprint density at radius 3 is 2.47 bits per heavy atom. The van der Waals surface area contributed by atoms with Crippen LogP contribution in [0, 0.1) is 11.3 Å². The van der Waals surface area contributed by atoms with Gasteiger partial charge in [0.25, 0.3) is 0 Å². The van der Waals surface area contributed by atoms with Gasteiger partial charge in [-0.3, -0.25) is 4.79 Å². The summed E-state index contributed by atoms with van der Waals surface area (Å²) in [5.74, 6) is -2.00. The molecule has 3 aliphatic carbocycles. The zero-order valence-corrected chi connectivity index (χ0v) is 18.4. The molecule has 11 nitrogen and oxygen atoms in total. The molecule has 0 radical (unpaired) electrons. The predicted molar refractivity (Wildman–Crippen MR) is 110 cm³/mol. The first kappa shape index (κ1) is 23.6. The molecule has 0 aromatic heterocycles. The minimum Gasteiger partial charge on any atom is -0.461 e. The van der Waals surface area contributed by atoms with Crippen LogP contribution in [-0.4, -0.2) is 98.7 Å². The van der Waals surface area contributed by atoms with E-state index < -0.39 is 84.5 Å². The Morgan fingerprint density at radius 1 is 1.09 bits per heavy atom. The Balaban J connectivity index is 1.46. The fourth-order valence-electron chi connectivity index (χ4n) is 6.19. The summed E-state index contributed by atoms with van der Waals surface area (Å²) in [6.07, 6.45) is -8.41. The van der Waals surface area contributed by atoms with Gasteiger partial charge in [-0.15, -0.1) is 0 Å². The summed E-state index contributed by atoms with van der Waals surface area (Å²) < 4.78 is 22.9. The van der Waals surface area contributed by atoms with Crippen LogP contribution in [-0.2, 0) is 23.7 Å². The van der Waals surface area contributed by atoms with Crippen molar-refractivity contribution in [3.05, 3.63) is 35.9 Å². The number of aliphatic hydroxyl groups is 5. The zero-order chi connectivity index (χ0) is 24.5. The molecule has 11 heteroatoms. The molecule has 1 aromatic carbocycles. The molecule has 2 aliphatic heterocycles. The van der Waals surface area contributed by atoms with Gasteiger partial charge in [-0.2, -0.15) is 0 Å². The van der Waals surface area contributed by atoms with Gasteiger partial charge in [0.15, 0.2) is 6.29 Å². The summed E-state index contributed by atoms with van der Waals surface area (Å²) in [5, 5.41) is 51.0. The Morgan fingerprint density at radius 2 is 1.79 bits per heavy atom. The zero-order valence-electron chi connectivity index (χ0n) is 18.4. The SMILES string of the molecule is C[C@]12C[C@@H](O)[C@@H]3C[C@@]1(OC1OC(CO)C(O)C(O)C1O)C3(COC(=O)c1ccccc1)C(=O)O2. The van der Waals surface area contributed by atoms with Crippen LogP contribution in [0.1, 0.15) is 30.1 Å². The summed E-state index contributed by atoms with van der Waals surface area (Å²) in [4.78, 5) is 25.9. The summed E-state index contributed by atoms with van der Waals surface area (Å²) in [5.41, 5.74) is -4.08. The average molecular weight is 480 g/mol. The molecule has 34 heavy (non-hydrogen) atoms. The van der Waals surface area contributed by atoms with E-state index in [0.29, 0.717) is 0 Å². The van der Waals surface area contributed by atoms with Gasteiger partial charge in [0, 0.05) is 12.3 Å². The van der Waals surface area contributed by atoms with Crippen LogP contribution in [0.4, 0.5) is 0 Å². The lowest BCUT2D eigenvalue weighted by Gasteiger charge is -2.66. The number of hydrogen-bond donors (Lipinski definition) is 5. The van der Waals surface area contributed by atoms with Crippen LogP contribution in [0.3, 0.4) is 0 Å². The first-order valence-corrected chi connectivity index (χ1v) is 11.2. The van der Waals surface area contributed by atoms with E-state index in [-0.39, 0.29) is 18.4 Å². The maximum Gasteiger partial charge on any atom is 0.338 e. The van der Waals surface area contributed by atoms with Gasteiger partial charge in [0.1, 0.15) is 47.6 Å². The summed E-state index contributed by atoms with van der Waals surface area (Å²) in [7, 11) is 0. The largest absolute Gasteiger partial charge is 0.461 e. The molecule has 10 atom stereocenters.